The highest BCUT2D eigenvalue weighted by Gasteiger charge is 2.00. The fourth-order valence-corrected chi connectivity index (χ4v) is 1.41. The Balaban J connectivity index is 2.39. The minimum absolute atomic E-state index is 0.00250. The first-order chi connectivity index (χ1) is 6.74. The number of halogens is 2. The van der Waals surface area contributed by atoms with Gasteiger partial charge in [0.1, 0.15) is 5.88 Å². The van der Waals surface area contributed by atoms with Crippen molar-refractivity contribution in [1.29, 1.82) is 0 Å². The Hall–Kier alpha value is -0.730. The number of hydrogen-bond acceptors (Lipinski definition) is 1. The monoisotopic (exact) mass is 231 g/mol. The van der Waals surface area contributed by atoms with E-state index in [1.807, 2.05) is 24.3 Å². The van der Waals surface area contributed by atoms with E-state index in [4.69, 9.17) is 23.2 Å². The summed E-state index contributed by atoms with van der Waals surface area (Å²) in [4.78, 5) is 10.8. The minimum atomic E-state index is -0.154. The normalized spacial score (nSPS) is 9.86. The van der Waals surface area contributed by atoms with Crippen molar-refractivity contribution in [3.05, 3.63) is 34.9 Å². The van der Waals surface area contributed by atoms with Crippen LogP contribution in [-0.2, 0) is 11.2 Å². The van der Waals surface area contributed by atoms with Gasteiger partial charge in [-0.3, -0.25) is 4.79 Å². The van der Waals surface area contributed by atoms with E-state index < -0.39 is 0 Å². The molecule has 1 amide bonds. The predicted molar refractivity (Wildman–Crippen MR) is 58.9 cm³/mol. The molecule has 0 aromatic heterocycles. The molecule has 0 atom stereocenters. The lowest BCUT2D eigenvalue weighted by Crippen LogP contribution is -2.26. The van der Waals surface area contributed by atoms with Crippen LogP contribution in [0.15, 0.2) is 24.3 Å². The third-order valence-electron chi connectivity index (χ3n) is 1.80. The largest absolute Gasteiger partial charge is 0.355 e. The molecule has 2 nitrogen and oxygen atoms in total. The van der Waals surface area contributed by atoms with Gasteiger partial charge in [-0.15, -0.1) is 11.6 Å². The molecule has 0 aliphatic heterocycles. The maximum absolute atomic E-state index is 10.8. The molecule has 0 bridgehead atoms. The van der Waals surface area contributed by atoms with E-state index in [1.54, 1.807) is 0 Å². The van der Waals surface area contributed by atoms with Crippen LogP contribution in [-0.4, -0.2) is 18.3 Å². The number of carbonyl (C=O) groups excluding carboxylic acids is 1. The molecule has 0 spiro atoms. The van der Waals surface area contributed by atoms with Gasteiger partial charge in [0.2, 0.25) is 5.91 Å². The maximum atomic E-state index is 10.8. The summed E-state index contributed by atoms with van der Waals surface area (Å²) in [6.07, 6.45) is 0.725. The van der Waals surface area contributed by atoms with Crippen molar-refractivity contribution in [3.63, 3.8) is 0 Å². The molecule has 4 heteroatoms. The Bertz CT molecular complexity index is 315. The quantitative estimate of drug-likeness (QED) is 0.792. The summed E-state index contributed by atoms with van der Waals surface area (Å²) in [7, 11) is 0. The third kappa shape index (κ3) is 3.56. The van der Waals surface area contributed by atoms with Gasteiger partial charge in [-0.1, -0.05) is 29.8 Å². The molecule has 14 heavy (non-hydrogen) atoms. The highest BCUT2D eigenvalue weighted by atomic mass is 35.5. The summed E-state index contributed by atoms with van der Waals surface area (Å²) in [6.45, 7) is 0.565. The third-order valence-corrected chi connectivity index (χ3v) is 2.41. The van der Waals surface area contributed by atoms with Gasteiger partial charge in [0.05, 0.1) is 0 Å². The van der Waals surface area contributed by atoms with Crippen molar-refractivity contribution in [2.45, 2.75) is 6.42 Å². The van der Waals surface area contributed by atoms with Crippen molar-refractivity contribution >= 4 is 29.1 Å². The molecule has 0 heterocycles. The molecule has 0 unspecified atom stereocenters. The number of alkyl halides is 1. The molecule has 0 saturated heterocycles. The van der Waals surface area contributed by atoms with Crippen molar-refractivity contribution < 1.29 is 4.79 Å². The maximum Gasteiger partial charge on any atom is 0.234 e. The molecule has 1 N–H and O–H groups in total. The van der Waals surface area contributed by atoms with Crippen molar-refractivity contribution in [2.24, 2.45) is 0 Å². The highest BCUT2D eigenvalue weighted by molar-refractivity contribution is 6.31. The number of carbonyl (C=O) groups is 1. The molecule has 76 valence electrons. The smallest absolute Gasteiger partial charge is 0.234 e. The zero-order valence-corrected chi connectivity index (χ0v) is 9.11. The molecular formula is C10H11Cl2NO. The lowest BCUT2D eigenvalue weighted by atomic mass is 10.1. The minimum Gasteiger partial charge on any atom is -0.355 e. The van der Waals surface area contributed by atoms with Crippen LogP contribution >= 0.6 is 23.2 Å². The van der Waals surface area contributed by atoms with E-state index in [0.29, 0.717) is 6.54 Å². The molecule has 0 saturated carbocycles. The van der Waals surface area contributed by atoms with Gasteiger partial charge in [-0.25, -0.2) is 0 Å². The standard InChI is InChI=1S/C10H11Cl2NO/c11-7-10(14)13-6-5-8-3-1-2-4-9(8)12/h1-4H,5-7H2,(H,13,14). The summed E-state index contributed by atoms with van der Waals surface area (Å²) >= 11 is 11.3. The van der Waals surface area contributed by atoms with E-state index >= 15 is 0 Å². The van der Waals surface area contributed by atoms with Crippen molar-refractivity contribution in [3.8, 4) is 0 Å². The van der Waals surface area contributed by atoms with Crippen LogP contribution in [0.1, 0.15) is 5.56 Å². The molecule has 1 aromatic carbocycles. The van der Waals surface area contributed by atoms with E-state index in [-0.39, 0.29) is 11.8 Å². The number of benzene rings is 1. The van der Waals surface area contributed by atoms with Crippen LogP contribution in [0.3, 0.4) is 0 Å². The second-order valence-electron chi connectivity index (χ2n) is 2.82. The Morgan fingerprint density at radius 1 is 1.36 bits per heavy atom. The van der Waals surface area contributed by atoms with Crippen molar-refractivity contribution in [1.82, 2.24) is 5.32 Å². The Morgan fingerprint density at radius 3 is 2.71 bits per heavy atom. The number of rotatable bonds is 4. The molecule has 1 aromatic rings. The second-order valence-corrected chi connectivity index (χ2v) is 3.50. The van der Waals surface area contributed by atoms with Gasteiger partial charge in [-0.05, 0) is 18.1 Å². The van der Waals surface area contributed by atoms with Crippen molar-refractivity contribution in [2.75, 3.05) is 12.4 Å². The van der Waals surface area contributed by atoms with Crippen LogP contribution in [0.4, 0.5) is 0 Å². The summed E-state index contributed by atoms with van der Waals surface area (Å²) in [6, 6.07) is 7.57. The van der Waals surface area contributed by atoms with E-state index in [9.17, 15) is 4.79 Å². The topological polar surface area (TPSA) is 29.1 Å². The number of nitrogens with one attached hydrogen (secondary N) is 1. The van der Waals surface area contributed by atoms with Crippen LogP contribution < -0.4 is 5.32 Å². The van der Waals surface area contributed by atoms with Gasteiger partial charge in [0, 0.05) is 11.6 Å². The highest BCUT2D eigenvalue weighted by Crippen LogP contribution is 2.14. The molecular weight excluding hydrogens is 221 g/mol. The first-order valence-corrected chi connectivity index (χ1v) is 5.21. The van der Waals surface area contributed by atoms with E-state index in [0.717, 1.165) is 17.0 Å². The van der Waals surface area contributed by atoms with Gasteiger partial charge in [0.15, 0.2) is 0 Å². The van der Waals surface area contributed by atoms with E-state index in [1.165, 1.54) is 0 Å². The Kier molecular flexibility index (Phi) is 4.77. The second kappa shape index (κ2) is 5.89. The summed E-state index contributed by atoms with van der Waals surface area (Å²) < 4.78 is 0. The zero-order valence-electron chi connectivity index (χ0n) is 7.59. The summed E-state index contributed by atoms with van der Waals surface area (Å²) in [5.74, 6) is -0.151. The van der Waals surface area contributed by atoms with Gasteiger partial charge < -0.3 is 5.32 Å². The van der Waals surface area contributed by atoms with Crippen LogP contribution in [0, 0.1) is 0 Å². The average Bonchev–Trinajstić information content (AvgIpc) is 2.20. The molecule has 0 aliphatic rings. The van der Waals surface area contributed by atoms with Crippen LogP contribution in [0.5, 0.6) is 0 Å². The zero-order chi connectivity index (χ0) is 10.4. The number of hydrogen-bond donors (Lipinski definition) is 1. The fraction of sp³-hybridized carbons (Fsp3) is 0.300. The first-order valence-electron chi connectivity index (χ1n) is 4.30. The Morgan fingerprint density at radius 2 is 2.07 bits per heavy atom. The Labute approximate surface area is 93.2 Å². The van der Waals surface area contributed by atoms with Gasteiger partial charge in [0.25, 0.3) is 0 Å². The predicted octanol–water partition coefficient (Wildman–Crippen LogP) is 2.24. The molecule has 1 rings (SSSR count). The fourth-order valence-electron chi connectivity index (χ4n) is 1.08. The molecule has 0 fully saturated rings. The summed E-state index contributed by atoms with van der Waals surface area (Å²) in [5.41, 5.74) is 1.03. The molecule has 0 aliphatic carbocycles. The molecule has 0 radical (unpaired) electrons. The van der Waals surface area contributed by atoms with Gasteiger partial charge in [-0.2, -0.15) is 0 Å². The lowest BCUT2D eigenvalue weighted by molar-refractivity contribution is -0.118. The summed E-state index contributed by atoms with van der Waals surface area (Å²) in [5, 5.41) is 3.41. The van der Waals surface area contributed by atoms with E-state index in [2.05, 4.69) is 5.32 Å². The first kappa shape index (κ1) is 11.3. The van der Waals surface area contributed by atoms with Crippen LogP contribution in [0.25, 0.3) is 0 Å². The van der Waals surface area contributed by atoms with Crippen LogP contribution in [0.2, 0.25) is 5.02 Å². The number of amides is 1. The van der Waals surface area contributed by atoms with Gasteiger partial charge >= 0.3 is 0 Å². The lowest BCUT2D eigenvalue weighted by Gasteiger charge is -2.04. The average molecular weight is 232 g/mol. The SMILES string of the molecule is O=C(CCl)NCCc1ccccc1Cl.